The Morgan fingerprint density at radius 3 is 2.76 bits per heavy atom. The monoisotopic (exact) mass is 319 g/mol. The minimum atomic E-state index is -0.120. The van der Waals surface area contributed by atoms with Gasteiger partial charge in [0, 0.05) is 28.4 Å². The largest absolute Gasteiger partial charge is 0.323 e. The Labute approximate surface area is 133 Å². The summed E-state index contributed by atoms with van der Waals surface area (Å²) in [5, 5.41) is -0.120. The van der Waals surface area contributed by atoms with Crippen molar-refractivity contribution >= 4 is 34.0 Å². The van der Waals surface area contributed by atoms with Gasteiger partial charge in [-0.15, -0.1) is 22.9 Å². The molecular weight excluding hydrogens is 302 g/mol. The lowest BCUT2D eigenvalue weighted by Gasteiger charge is -2.18. The van der Waals surface area contributed by atoms with Gasteiger partial charge < -0.3 is 4.57 Å². The van der Waals surface area contributed by atoms with Gasteiger partial charge in [-0.25, -0.2) is 4.98 Å². The molecule has 3 aromatic heterocycles. The van der Waals surface area contributed by atoms with Crippen LogP contribution in [0, 0.1) is 6.92 Å². The van der Waals surface area contributed by atoms with Crippen LogP contribution in [0.1, 0.15) is 40.8 Å². The Balaban J connectivity index is 2.03. The second-order valence-corrected chi connectivity index (χ2v) is 7.41. The average Bonchev–Trinajstić information content (AvgIpc) is 3.02. The van der Waals surface area contributed by atoms with Crippen LogP contribution in [-0.4, -0.2) is 14.5 Å². The third-order valence-corrected chi connectivity index (χ3v) is 4.83. The smallest absolute Gasteiger partial charge is 0.128 e. The number of nitrogens with zero attached hydrogens (tertiary/aromatic N) is 3. The van der Waals surface area contributed by atoms with Crippen LogP contribution in [0.4, 0.5) is 0 Å². The molecule has 0 amide bonds. The fourth-order valence-electron chi connectivity index (χ4n) is 2.69. The van der Waals surface area contributed by atoms with Gasteiger partial charge in [0.25, 0.3) is 0 Å². The van der Waals surface area contributed by atoms with E-state index in [1.165, 1.54) is 9.75 Å². The van der Waals surface area contributed by atoms with Crippen molar-refractivity contribution in [3.63, 3.8) is 0 Å². The third-order valence-electron chi connectivity index (χ3n) is 3.61. The first kappa shape index (κ1) is 14.5. The van der Waals surface area contributed by atoms with E-state index < -0.39 is 0 Å². The highest BCUT2D eigenvalue weighted by Gasteiger charge is 2.19. The molecule has 0 radical (unpaired) electrons. The number of imidazole rings is 1. The molecule has 3 nitrogen and oxygen atoms in total. The van der Waals surface area contributed by atoms with Crippen molar-refractivity contribution in [3.8, 4) is 0 Å². The van der Waals surface area contributed by atoms with Crippen molar-refractivity contribution in [2.45, 2.75) is 38.6 Å². The quantitative estimate of drug-likeness (QED) is 0.640. The van der Waals surface area contributed by atoms with E-state index in [0.717, 1.165) is 23.3 Å². The summed E-state index contributed by atoms with van der Waals surface area (Å²) in [7, 11) is 0. The highest BCUT2D eigenvalue weighted by Crippen LogP contribution is 2.30. The Kier molecular flexibility index (Phi) is 4.00. The van der Waals surface area contributed by atoms with Crippen molar-refractivity contribution in [2.24, 2.45) is 0 Å². The molecule has 21 heavy (non-hydrogen) atoms. The second kappa shape index (κ2) is 5.78. The van der Waals surface area contributed by atoms with E-state index in [1.54, 1.807) is 6.20 Å². The Hall–Kier alpha value is -1.39. The number of thiophene rings is 1. The van der Waals surface area contributed by atoms with Crippen LogP contribution in [-0.2, 0) is 6.42 Å². The Bertz CT molecular complexity index is 760. The number of pyridine rings is 1. The van der Waals surface area contributed by atoms with E-state index >= 15 is 0 Å². The van der Waals surface area contributed by atoms with Crippen LogP contribution in [0.3, 0.4) is 0 Å². The summed E-state index contributed by atoms with van der Waals surface area (Å²) in [5.74, 6) is 0.917. The van der Waals surface area contributed by atoms with Gasteiger partial charge in [0.1, 0.15) is 11.3 Å². The summed E-state index contributed by atoms with van der Waals surface area (Å²) >= 11 is 8.18. The fourth-order valence-corrected chi connectivity index (χ4v) is 3.85. The molecular formula is C16H18ClN3S. The first-order valence-corrected chi connectivity index (χ1v) is 8.32. The number of aryl methyl sites for hydroxylation is 1. The molecule has 0 spiro atoms. The molecule has 2 unspecified atom stereocenters. The van der Waals surface area contributed by atoms with E-state index in [4.69, 9.17) is 11.6 Å². The van der Waals surface area contributed by atoms with Gasteiger partial charge in [0.05, 0.1) is 17.1 Å². The summed E-state index contributed by atoms with van der Waals surface area (Å²) in [4.78, 5) is 11.6. The SMILES string of the molecule is Cc1ccc(CC(C)n2c(C(C)Cl)nc3cnccc32)s1. The molecule has 0 aliphatic rings. The summed E-state index contributed by atoms with van der Waals surface area (Å²) in [5.41, 5.74) is 2.02. The zero-order chi connectivity index (χ0) is 15.0. The maximum atomic E-state index is 6.33. The van der Waals surface area contributed by atoms with Crippen LogP contribution in [0.25, 0.3) is 11.0 Å². The molecule has 0 fully saturated rings. The number of aromatic nitrogens is 3. The van der Waals surface area contributed by atoms with Crippen LogP contribution < -0.4 is 0 Å². The van der Waals surface area contributed by atoms with Crippen LogP contribution >= 0.6 is 22.9 Å². The molecule has 110 valence electrons. The minimum Gasteiger partial charge on any atom is -0.323 e. The number of alkyl halides is 1. The van der Waals surface area contributed by atoms with Crippen molar-refractivity contribution in [2.75, 3.05) is 0 Å². The van der Waals surface area contributed by atoms with Gasteiger partial charge >= 0.3 is 0 Å². The van der Waals surface area contributed by atoms with Gasteiger partial charge in [0.15, 0.2) is 0 Å². The Morgan fingerprint density at radius 2 is 2.10 bits per heavy atom. The van der Waals surface area contributed by atoms with Crippen molar-refractivity contribution < 1.29 is 0 Å². The normalized spacial score (nSPS) is 14.5. The topological polar surface area (TPSA) is 30.7 Å². The zero-order valence-electron chi connectivity index (χ0n) is 12.4. The van der Waals surface area contributed by atoms with E-state index in [2.05, 4.69) is 40.5 Å². The molecule has 0 N–H and O–H groups in total. The number of fused-ring (bicyclic) bond motifs is 1. The van der Waals surface area contributed by atoms with E-state index in [1.807, 2.05) is 30.5 Å². The average molecular weight is 320 g/mol. The molecule has 0 aliphatic heterocycles. The van der Waals surface area contributed by atoms with Gasteiger partial charge in [-0.1, -0.05) is 0 Å². The maximum Gasteiger partial charge on any atom is 0.128 e. The molecule has 0 saturated heterocycles. The molecule has 3 rings (SSSR count). The van der Waals surface area contributed by atoms with E-state index in [-0.39, 0.29) is 5.38 Å². The van der Waals surface area contributed by atoms with Crippen LogP contribution in [0.15, 0.2) is 30.6 Å². The summed E-state index contributed by atoms with van der Waals surface area (Å²) in [6, 6.07) is 6.71. The predicted octanol–water partition coefficient (Wildman–Crippen LogP) is 4.90. The Morgan fingerprint density at radius 1 is 1.29 bits per heavy atom. The lowest BCUT2D eigenvalue weighted by Crippen LogP contribution is -2.12. The standard InChI is InChI=1S/C16H18ClN3S/c1-10(8-13-5-4-11(2)21-13)20-15-6-7-18-9-14(15)19-16(20)12(3)17/h4-7,9-10,12H,8H2,1-3H3. The first-order chi connectivity index (χ1) is 10.1. The molecule has 0 bridgehead atoms. The lowest BCUT2D eigenvalue weighted by molar-refractivity contribution is 0.538. The maximum absolute atomic E-state index is 6.33. The molecule has 0 aromatic carbocycles. The highest BCUT2D eigenvalue weighted by molar-refractivity contribution is 7.11. The van der Waals surface area contributed by atoms with Crippen molar-refractivity contribution in [1.29, 1.82) is 0 Å². The van der Waals surface area contributed by atoms with Crippen LogP contribution in [0.5, 0.6) is 0 Å². The number of rotatable bonds is 4. The molecule has 2 atom stereocenters. The van der Waals surface area contributed by atoms with E-state index in [9.17, 15) is 0 Å². The number of hydrogen-bond donors (Lipinski definition) is 0. The van der Waals surface area contributed by atoms with Gasteiger partial charge in [-0.2, -0.15) is 0 Å². The van der Waals surface area contributed by atoms with Gasteiger partial charge in [-0.3, -0.25) is 4.98 Å². The molecule has 0 aliphatic carbocycles. The molecule has 5 heteroatoms. The summed E-state index contributed by atoms with van der Waals surface area (Å²) < 4.78 is 2.25. The second-order valence-electron chi connectivity index (χ2n) is 5.39. The van der Waals surface area contributed by atoms with E-state index in [0.29, 0.717) is 6.04 Å². The van der Waals surface area contributed by atoms with Gasteiger partial charge in [0.2, 0.25) is 0 Å². The lowest BCUT2D eigenvalue weighted by atomic mass is 10.2. The first-order valence-electron chi connectivity index (χ1n) is 7.07. The minimum absolute atomic E-state index is 0.120. The summed E-state index contributed by atoms with van der Waals surface area (Å²) in [6.07, 6.45) is 4.60. The molecule has 3 heterocycles. The molecule has 0 saturated carbocycles. The summed E-state index contributed by atoms with van der Waals surface area (Å²) in [6.45, 7) is 6.33. The third kappa shape index (κ3) is 2.83. The number of hydrogen-bond acceptors (Lipinski definition) is 3. The van der Waals surface area contributed by atoms with Crippen LogP contribution in [0.2, 0.25) is 0 Å². The molecule has 3 aromatic rings. The highest BCUT2D eigenvalue weighted by atomic mass is 35.5. The van der Waals surface area contributed by atoms with Crippen molar-refractivity contribution in [1.82, 2.24) is 14.5 Å². The predicted molar refractivity (Wildman–Crippen MR) is 89.3 cm³/mol. The number of halogens is 1. The zero-order valence-corrected chi connectivity index (χ0v) is 13.9. The van der Waals surface area contributed by atoms with Crippen molar-refractivity contribution in [3.05, 3.63) is 46.2 Å². The fraction of sp³-hybridized carbons (Fsp3) is 0.375. The van der Waals surface area contributed by atoms with Gasteiger partial charge in [-0.05, 0) is 39.0 Å².